The molecule has 134 valence electrons. The molecule has 0 bridgehead atoms. The predicted octanol–water partition coefficient (Wildman–Crippen LogP) is 3.95. The van der Waals surface area contributed by atoms with E-state index in [1.807, 2.05) is 12.1 Å². The average molecular weight is 366 g/mol. The van der Waals surface area contributed by atoms with Crippen molar-refractivity contribution in [1.82, 2.24) is 0 Å². The van der Waals surface area contributed by atoms with Crippen molar-refractivity contribution >= 4 is 29.4 Å². The van der Waals surface area contributed by atoms with E-state index in [0.29, 0.717) is 5.96 Å². The average Bonchev–Trinajstić information content (AvgIpc) is 2.64. The van der Waals surface area contributed by atoms with Crippen LogP contribution in [0.5, 0.6) is 0 Å². The van der Waals surface area contributed by atoms with E-state index in [1.54, 1.807) is 11.8 Å². The molecule has 26 heavy (non-hydrogen) atoms. The van der Waals surface area contributed by atoms with Gasteiger partial charge in [0.05, 0.1) is 5.69 Å². The Morgan fingerprint density at radius 3 is 2.35 bits per heavy atom. The van der Waals surface area contributed by atoms with Gasteiger partial charge in [-0.05, 0) is 49.9 Å². The van der Waals surface area contributed by atoms with E-state index in [9.17, 15) is 0 Å². The van der Waals surface area contributed by atoms with Crippen LogP contribution in [0.25, 0.3) is 0 Å². The van der Waals surface area contributed by atoms with Crippen molar-refractivity contribution in [1.29, 1.82) is 0 Å². The number of aliphatic imine (C=N–C) groups is 2. The molecule has 0 saturated heterocycles. The van der Waals surface area contributed by atoms with Crippen molar-refractivity contribution < 1.29 is 0 Å². The molecule has 0 aromatic heterocycles. The Morgan fingerprint density at radius 1 is 0.885 bits per heavy atom. The van der Waals surface area contributed by atoms with Crippen LogP contribution in [-0.2, 0) is 0 Å². The van der Waals surface area contributed by atoms with Gasteiger partial charge in [0.25, 0.3) is 0 Å². The van der Waals surface area contributed by atoms with Gasteiger partial charge in [-0.1, -0.05) is 48.5 Å². The molecule has 1 aliphatic heterocycles. The minimum atomic E-state index is -0.415. The third-order valence-corrected chi connectivity index (χ3v) is 6.00. The zero-order chi connectivity index (χ0) is 18.0. The molecule has 1 saturated carbocycles. The van der Waals surface area contributed by atoms with Crippen LogP contribution in [0.1, 0.15) is 32.1 Å². The zero-order valence-corrected chi connectivity index (χ0v) is 15.5. The number of para-hydroxylation sites is 1. The summed E-state index contributed by atoms with van der Waals surface area (Å²) in [7, 11) is 0. The van der Waals surface area contributed by atoms with Gasteiger partial charge in [-0.25, -0.2) is 4.99 Å². The minimum absolute atomic E-state index is 0.286. The van der Waals surface area contributed by atoms with Crippen molar-refractivity contribution in [2.45, 2.75) is 47.6 Å². The summed E-state index contributed by atoms with van der Waals surface area (Å²) in [6, 6.07) is 18.7. The van der Waals surface area contributed by atoms with Gasteiger partial charge in [0.2, 0.25) is 11.9 Å². The molecule has 5 nitrogen and oxygen atoms in total. The first-order valence-electron chi connectivity index (χ1n) is 9.00. The van der Waals surface area contributed by atoms with E-state index < -0.39 is 5.66 Å². The lowest BCUT2D eigenvalue weighted by Gasteiger charge is -2.46. The van der Waals surface area contributed by atoms with Gasteiger partial charge in [0.15, 0.2) is 0 Å². The minimum Gasteiger partial charge on any atom is -0.369 e. The lowest BCUT2D eigenvalue weighted by Crippen LogP contribution is -2.58. The first-order chi connectivity index (χ1) is 12.7. The molecule has 2 aliphatic rings. The number of guanidine groups is 2. The summed E-state index contributed by atoms with van der Waals surface area (Å²) < 4.78 is 0. The Morgan fingerprint density at radius 2 is 1.58 bits per heavy atom. The summed E-state index contributed by atoms with van der Waals surface area (Å²) >= 11 is 1.73. The predicted molar refractivity (Wildman–Crippen MR) is 109 cm³/mol. The number of nitrogens with zero attached hydrogens (tertiary/aromatic N) is 3. The molecule has 2 aromatic carbocycles. The van der Waals surface area contributed by atoms with Crippen LogP contribution in [0.4, 0.5) is 5.69 Å². The van der Waals surface area contributed by atoms with Gasteiger partial charge in [-0.15, -0.1) is 0 Å². The molecular formula is C20H23N5S. The van der Waals surface area contributed by atoms with E-state index in [0.717, 1.165) is 36.3 Å². The Bertz CT molecular complexity index is 840. The number of benzene rings is 2. The van der Waals surface area contributed by atoms with Crippen LogP contribution >= 0.6 is 11.8 Å². The maximum atomic E-state index is 6.38. The maximum Gasteiger partial charge on any atom is 0.220 e. The van der Waals surface area contributed by atoms with E-state index in [1.165, 1.54) is 11.3 Å². The molecule has 0 radical (unpaired) electrons. The quantitative estimate of drug-likeness (QED) is 0.863. The highest BCUT2D eigenvalue weighted by atomic mass is 32.2. The second-order valence-corrected chi connectivity index (χ2v) is 7.82. The van der Waals surface area contributed by atoms with Crippen LogP contribution in [-0.4, -0.2) is 17.6 Å². The fourth-order valence-electron chi connectivity index (χ4n) is 3.81. The third kappa shape index (κ3) is 3.17. The summed E-state index contributed by atoms with van der Waals surface area (Å²) in [6.45, 7) is 0. The SMILES string of the molecule is NC1=NC2(CCCCC2)N(c2ccccc2Sc2ccccc2)C(N)=N1. The molecule has 1 spiro atoms. The Labute approximate surface area is 158 Å². The van der Waals surface area contributed by atoms with Gasteiger partial charge in [0, 0.05) is 9.79 Å². The van der Waals surface area contributed by atoms with Gasteiger partial charge in [-0.3, -0.25) is 4.90 Å². The van der Waals surface area contributed by atoms with Gasteiger partial charge in [0.1, 0.15) is 5.66 Å². The van der Waals surface area contributed by atoms with Crippen LogP contribution in [0, 0.1) is 0 Å². The van der Waals surface area contributed by atoms with Crippen molar-refractivity contribution in [3.63, 3.8) is 0 Å². The van der Waals surface area contributed by atoms with Crippen molar-refractivity contribution in [3.05, 3.63) is 54.6 Å². The smallest absolute Gasteiger partial charge is 0.220 e. The lowest BCUT2D eigenvalue weighted by atomic mass is 9.87. The molecule has 6 heteroatoms. The zero-order valence-electron chi connectivity index (χ0n) is 14.6. The summed E-state index contributed by atoms with van der Waals surface area (Å²) in [5.41, 5.74) is 13.0. The van der Waals surface area contributed by atoms with Gasteiger partial charge in [-0.2, -0.15) is 4.99 Å². The van der Waals surface area contributed by atoms with Crippen LogP contribution in [0.3, 0.4) is 0 Å². The second kappa shape index (κ2) is 7.03. The monoisotopic (exact) mass is 365 g/mol. The van der Waals surface area contributed by atoms with Gasteiger partial charge >= 0.3 is 0 Å². The van der Waals surface area contributed by atoms with Gasteiger partial charge < -0.3 is 11.5 Å². The van der Waals surface area contributed by atoms with E-state index in [4.69, 9.17) is 16.5 Å². The normalized spacial score (nSPS) is 19.2. The van der Waals surface area contributed by atoms with Crippen molar-refractivity contribution in [2.75, 3.05) is 4.90 Å². The molecular weight excluding hydrogens is 342 g/mol. The molecule has 1 aliphatic carbocycles. The number of anilines is 1. The first-order valence-corrected chi connectivity index (χ1v) is 9.81. The summed E-state index contributed by atoms with van der Waals surface area (Å²) in [5.74, 6) is 0.717. The highest BCUT2D eigenvalue weighted by Crippen LogP contribution is 2.43. The number of nitrogens with two attached hydrogens (primary N) is 2. The molecule has 4 N–H and O–H groups in total. The van der Waals surface area contributed by atoms with Crippen LogP contribution in [0.2, 0.25) is 0 Å². The highest BCUT2D eigenvalue weighted by Gasteiger charge is 2.43. The largest absolute Gasteiger partial charge is 0.369 e. The standard InChI is InChI=1S/C20H23N5S/c21-18-23-19(22)25(20(24-18)13-7-2-8-14-20)16-11-5-6-12-17(16)26-15-9-3-1-4-10-15/h1,3-6,9-12H,2,7-8,13-14H2,(H4,21,22,23,24). The fourth-order valence-corrected chi connectivity index (χ4v) is 4.77. The molecule has 1 fully saturated rings. The Hall–Kier alpha value is -2.47. The summed E-state index contributed by atoms with van der Waals surface area (Å²) in [4.78, 5) is 13.5. The fraction of sp³-hybridized carbons (Fsp3) is 0.300. The maximum absolute atomic E-state index is 6.38. The summed E-state index contributed by atoms with van der Waals surface area (Å²) in [6.07, 6.45) is 5.34. The first kappa shape index (κ1) is 17.0. The van der Waals surface area contributed by atoms with Crippen LogP contribution < -0.4 is 16.4 Å². The van der Waals surface area contributed by atoms with E-state index >= 15 is 0 Å². The number of rotatable bonds is 3. The molecule has 1 heterocycles. The molecule has 0 unspecified atom stereocenters. The molecule has 0 atom stereocenters. The second-order valence-electron chi connectivity index (χ2n) is 6.70. The van der Waals surface area contributed by atoms with Crippen LogP contribution in [0.15, 0.2) is 74.4 Å². The molecule has 2 aromatic rings. The van der Waals surface area contributed by atoms with E-state index in [-0.39, 0.29) is 5.96 Å². The lowest BCUT2D eigenvalue weighted by molar-refractivity contribution is 0.305. The molecule has 4 rings (SSSR count). The molecule has 0 amide bonds. The van der Waals surface area contributed by atoms with Crippen molar-refractivity contribution in [3.8, 4) is 0 Å². The Kier molecular flexibility index (Phi) is 4.59. The van der Waals surface area contributed by atoms with Crippen molar-refractivity contribution in [2.24, 2.45) is 21.5 Å². The number of hydrogen-bond donors (Lipinski definition) is 2. The topological polar surface area (TPSA) is 80.0 Å². The van der Waals surface area contributed by atoms with E-state index in [2.05, 4.69) is 52.4 Å². The highest BCUT2D eigenvalue weighted by molar-refractivity contribution is 7.99. The number of hydrogen-bond acceptors (Lipinski definition) is 6. The third-order valence-electron chi connectivity index (χ3n) is 4.93. The Balaban J connectivity index is 1.77. The summed E-state index contributed by atoms with van der Waals surface area (Å²) in [5, 5.41) is 0.